The molecule has 0 saturated carbocycles. The number of nitrogens with zero attached hydrogens (tertiary/aromatic N) is 4. The van der Waals surface area contributed by atoms with Crippen molar-refractivity contribution < 1.29 is 13.9 Å². The van der Waals surface area contributed by atoms with Gasteiger partial charge in [0.1, 0.15) is 0 Å². The number of hydrogen-bond acceptors (Lipinski definition) is 8. The number of carbonyl (C=O) groups excluding carboxylic acids is 1. The minimum Gasteiger partial charge on any atom is -0.461 e. The van der Waals surface area contributed by atoms with Crippen LogP contribution in [-0.4, -0.2) is 52.8 Å². The third kappa shape index (κ3) is 4.12. The van der Waals surface area contributed by atoms with Crippen molar-refractivity contribution in [2.75, 3.05) is 48.1 Å². The number of nitrogens with two attached hydrogens (primary N) is 1. The van der Waals surface area contributed by atoms with Gasteiger partial charge in [-0.1, -0.05) is 11.8 Å². The van der Waals surface area contributed by atoms with Crippen molar-refractivity contribution >= 4 is 29.0 Å². The maximum absolute atomic E-state index is 12.2. The van der Waals surface area contributed by atoms with Gasteiger partial charge in [0.2, 0.25) is 16.9 Å². The smallest absolute Gasteiger partial charge is 0.234 e. The molecular formula is C18H20N6O3S. The minimum atomic E-state index is -0.147. The molecule has 3 N–H and O–H groups in total. The van der Waals surface area contributed by atoms with E-state index in [1.54, 1.807) is 12.1 Å². The van der Waals surface area contributed by atoms with Crippen LogP contribution in [0.15, 0.2) is 52.2 Å². The molecule has 1 fully saturated rings. The zero-order chi connectivity index (χ0) is 19.3. The molecule has 0 spiro atoms. The zero-order valence-corrected chi connectivity index (χ0v) is 15.9. The van der Waals surface area contributed by atoms with Crippen molar-refractivity contribution in [2.45, 2.75) is 5.16 Å². The van der Waals surface area contributed by atoms with Crippen LogP contribution in [0.1, 0.15) is 0 Å². The van der Waals surface area contributed by atoms with E-state index >= 15 is 0 Å². The molecule has 0 unspecified atom stereocenters. The number of aromatic nitrogens is 3. The predicted molar refractivity (Wildman–Crippen MR) is 107 cm³/mol. The first-order valence-electron chi connectivity index (χ1n) is 8.80. The van der Waals surface area contributed by atoms with Crippen LogP contribution in [0, 0.1) is 0 Å². The molecule has 3 aromatic rings. The first-order valence-corrected chi connectivity index (χ1v) is 9.79. The van der Waals surface area contributed by atoms with Crippen molar-refractivity contribution in [3.8, 4) is 11.6 Å². The summed E-state index contributed by atoms with van der Waals surface area (Å²) in [6.45, 7) is 3.23. The number of amides is 1. The maximum atomic E-state index is 12.2. The fourth-order valence-electron chi connectivity index (χ4n) is 2.85. The highest BCUT2D eigenvalue weighted by molar-refractivity contribution is 7.99. The van der Waals surface area contributed by atoms with Gasteiger partial charge in [0.15, 0.2) is 5.76 Å². The van der Waals surface area contributed by atoms with Crippen LogP contribution in [0.2, 0.25) is 0 Å². The highest BCUT2D eigenvalue weighted by Crippen LogP contribution is 2.22. The Morgan fingerprint density at radius 2 is 1.96 bits per heavy atom. The van der Waals surface area contributed by atoms with Crippen LogP contribution in [0.4, 0.5) is 11.4 Å². The number of morpholine rings is 1. The molecule has 28 heavy (non-hydrogen) atoms. The summed E-state index contributed by atoms with van der Waals surface area (Å²) in [6.07, 6.45) is 1.54. The molecule has 1 saturated heterocycles. The van der Waals surface area contributed by atoms with Gasteiger partial charge >= 0.3 is 0 Å². The third-order valence-corrected chi connectivity index (χ3v) is 5.21. The molecule has 1 amide bonds. The third-order valence-electron chi connectivity index (χ3n) is 4.27. The van der Waals surface area contributed by atoms with Crippen LogP contribution in [0.3, 0.4) is 0 Å². The van der Waals surface area contributed by atoms with Crippen LogP contribution in [-0.2, 0) is 9.53 Å². The fourth-order valence-corrected chi connectivity index (χ4v) is 3.51. The average molecular weight is 400 g/mol. The quantitative estimate of drug-likeness (QED) is 0.476. The molecule has 146 valence electrons. The van der Waals surface area contributed by atoms with Gasteiger partial charge in [-0.3, -0.25) is 4.79 Å². The molecule has 1 aliphatic rings. The van der Waals surface area contributed by atoms with Crippen LogP contribution >= 0.6 is 11.8 Å². The van der Waals surface area contributed by atoms with E-state index < -0.39 is 0 Å². The average Bonchev–Trinajstić information content (AvgIpc) is 3.37. The Labute approximate surface area is 165 Å². The topological polar surface area (TPSA) is 111 Å². The number of thioether (sulfide) groups is 1. The summed E-state index contributed by atoms with van der Waals surface area (Å²) in [5, 5.41) is 11.3. The number of hydrogen-bond donors (Lipinski definition) is 2. The van der Waals surface area contributed by atoms with Crippen molar-refractivity contribution in [2.24, 2.45) is 0 Å². The summed E-state index contributed by atoms with van der Waals surface area (Å²) in [6, 6.07) is 11.3. The largest absolute Gasteiger partial charge is 0.461 e. The van der Waals surface area contributed by atoms with E-state index in [1.807, 2.05) is 24.3 Å². The summed E-state index contributed by atoms with van der Waals surface area (Å²) in [5.74, 6) is 6.93. The minimum absolute atomic E-state index is 0.147. The van der Waals surface area contributed by atoms with E-state index in [-0.39, 0.29) is 11.7 Å². The standard InChI is InChI=1S/C18H20N6O3S/c19-24-17(15-2-1-9-27-15)21-22-18(24)28-12-16(25)20-13-3-5-14(6-4-13)23-7-10-26-11-8-23/h1-6,9H,7-8,10-12,19H2,(H,20,25). The lowest BCUT2D eigenvalue weighted by Crippen LogP contribution is -2.36. The van der Waals surface area contributed by atoms with E-state index in [0.29, 0.717) is 16.7 Å². The Morgan fingerprint density at radius 3 is 2.68 bits per heavy atom. The number of ether oxygens (including phenoxy) is 1. The van der Waals surface area contributed by atoms with Crippen molar-refractivity contribution in [1.29, 1.82) is 0 Å². The van der Waals surface area contributed by atoms with Gasteiger partial charge < -0.3 is 25.2 Å². The number of carbonyl (C=O) groups is 1. The number of nitrogens with one attached hydrogen (secondary N) is 1. The molecule has 0 aliphatic carbocycles. The Hall–Kier alpha value is -2.98. The highest BCUT2D eigenvalue weighted by Gasteiger charge is 2.16. The Bertz CT molecular complexity index is 919. The van der Waals surface area contributed by atoms with Gasteiger partial charge in [-0.25, -0.2) is 4.68 Å². The van der Waals surface area contributed by atoms with Gasteiger partial charge in [-0.2, -0.15) is 0 Å². The molecule has 2 aromatic heterocycles. The molecule has 4 rings (SSSR count). The number of nitrogen functional groups attached to an aromatic ring is 1. The molecule has 0 radical (unpaired) electrons. The summed E-state index contributed by atoms with van der Waals surface area (Å²) >= 11 is 1.21. The number of rotatable bonds is 6. The lowest BCUT2D eigenvalue weighted by atomic mass is 10.2. The molecule has 1 aromatic carbocycles. The van der Waals surface area contributed by atoms with E-state index in [2.05, 4.69) is 20.4 Å². The lowest BCUT2D eigenvalue weighted by Gasteiger charge is -2.28. The summed E-state index contributed by atoms with van der Waals surface area (Å²) < 4.78 is 11.9. The summed E-state index contributed by atoms with van der Waals surface area (Å²) in [7, 11) is 0. The Balaban J connectivity index is 1.31. The van der Waals surface area contributed by atoms with Gasteiger partial charge in [-0.15, -0.1) is 10.2 Å². The number of furan rings is 1. The monoisotopic (exact) mass is 400 g/mol. The summed E-state index contributed by atoms with van der Waals surface area (Å²) in [4.78, 5) is 14.5. The van der Waals surface area contributed by atoms with E-state index in [1.165, 1.54) is 22.7 Å². The number of anilines is 2. The van der Waals surface area contributed by atoms with Gasteiger partial charge in [0.25, 0.3) is 0 Å². The molecule has 10 heteroatoms. The lowest BCUT2D eigenvalue weighted by molar-refractivity contribution is -0.113. The van der Waals surface area contributed by atoms with Crippen molar-refractivity contribution in [1.82, 2.24) is 14.9 Å². The SMILES string of the molecule is Nn1c(SCC(=O)Nc2ccc(N3CCOCC3)cc2)nnc1-c1ccco1. The first kappa shape index (κ1) is 18.4. The molecule has 1 aliphatic heterocycles. The van der Waals surface area contributed by atoms with Crippen molar-refractivity contribution in [3.05, 3.63) is 42.7 Å². The molecule has 0 bridgehead atoms. The number of benzene rings is 1. The Morgan fingerprint density at radius 1 is 1.18 bits per heavy atom. The van der Waals surface area contributed by atoms with Gasteiger partial charge in [0, 0.05) is 24.5 Å². The highest BCUT2D eigenvalue weighted by atomic mass is 32.2. The second-order valence-corrected chi connectivity index (χ2v) is 7.08. The second kappa shape index (κ2) is 8.36. The molecular weight excluding hydrogens is 380 g/mol. The van der Waals surface area contributed by atoms with Gasteiger partial charge in [-0.05, 0) is 36.4 Å². The second-order valence-electron chi connectivity index (χ2n) is 6.14. The predicted octanol–water partition coefficient (Wildman–Crippen LogP) is 1.82. The first-order chi connectivity index (χ1) is 13.7. The van der Waals surface area contributed by atoms with Crippen LogP contribution in [0.25, 0.3) is 11.6 Å². The Kier molecular flexibility index (Phi) is 5.49. The van der Waals surface area contributed by atoms with Crippen LogP contribution in [0.5, 0.6) is 0 Å². The normalized spacial score (nSPS) is 14.2. The molecule has 3 heterocycles. The molecule has 0 atom stereocenters. The van der Waals surface area contributed by atoms with E-state index in [4.69, 9.17) is 15.0 Å². The van der Waals surface area contributed by atoms with Crippen molar-refractivity contribution in [3.63, 3.8) is 0 Å². The van der Waals surface area contributed by atoms with E-state index in [0.717, 1.165) is 37.7 Å². The summed E-state index contributed by atoms with van der Waals surface area (Å²) in [5.41, 5.74) is 1.87. The maximum Gasteiger partial charge on any atom is 0.234 e. The molecule has 9 nitrogen and oxygen atoms in total. The van der Waals surface area contributed by atoms with Gasteiger partial charge in [0.05, 0.1) is 25.2 Å². The fraction of sp³-hybridized carbons (Fsp3) is 0.278. The van der Waals surface area contributed by atoms with Crippen LogP contribution < -0.4 is 16.1 Å². The van der Waals surface area contributed by atoms with E-state index in [9.17, 15) is 4.79 Å². The zero-order valence-electron chi connectivity index (χ0n) is 15.1.